The van der Waals surface area contributed by atoms with Gasteiger partial charge < -0.3 is 10.2 Å². The lowest BCUT2D eigenvalue weighted by atomic mass is 10.1. The molecule has 23 heavy (non-hydrogen) atoms. The second-order valence-corrected chi connectivity index (χ2v) is 5.69. The smallest absolute Gasteiger partial charge is 0.239 e. The molecule has 1 unspecified atom stereocenters. The Hall–Kier alpha value is -2.40. The summed E-state index contributed by atoms with van der Waals surface area (Å²) >= 11 is 5.89. The molecule has 2 aromatic carbocycles. The van der Waals surface area contributed by atoms with Crippen LogP contribution in [0, 0.1) is 11.7 Å². The number of rotatable bonds is 3. The van der Waals surface area contributed by atoms with E-state index in [4.69, 9.17) is 11.6 Å². The first-order valence-corrected chi connectivity index (χ1v) is 7.56. The molecular formula is C17H14ClFN2O2. The van der Waals surface area contributed by atoms with Crippen molar-refractivity contribution in [1.29, 1.82) is 0 Å². The molecule has 2 amide bonds. The fraction of sp³-hybridized carbons (Fsp3) is 0.176. The summed E-state index contributed by atoms with van der Waals surface area (Å²) in [6.45, 7) is 0.484. The van der Waals surface area contributed by atoms with E-state index in [1.165, 1.54) is 12.1 Å². The van der Waals surface area contributed by atoms with Gasteiger partial charge in [-0.15, -0.1) is 0 Å². The zero-order chi connectivity index (χ0) is 16.4. The first-order valence-electron chi connectivity index (χ1n) is 7.18. The van der Waals surface area contributed by atoms with Gasteiger partial charge in [0.25, 0.3) is 0 Å². The number of hydrogen-bond acceptors (Lipinski definition) is 2. The summed E-state index contributed by atoms with van der Waals surface area (Å²) in [6, 6.07) is 12.9. The second kappa shape index (κ2) is 6.38. The molecule has 1 atom stereocenters. The highest BCUT2D eigenvalue weighted by Gasteiger charge is 2.37. The van der Waals surface area contributed by atoms with Gasteiger partial charge in [-0.1, -0.05) is 29.8 Å². The number of hydrogen-bond donors (Lipinski definition) is 1. The molecule has 0 bridgehead atoms. The van der Waals surface area contributed by atoms with E-state index in [0.29, 0.717) is 18.7 Å². The fourth-order valence-electron chi connectivity index (χ4n) is 2.60. The van der Waals surface area contributed by atoms with E-state index in [2.05, 4.69) is 5.32 Å². The maximum absolute atomic E-state index is 13.0. The molecule has 1 saturated heterocycles. The normalized spacial score (nSPS) is 17.4. The second-order valence-electron chi connectivity index (χ2n) is 5.28. The molecule has 118 valence electrons. The van der Waals surface area contributed by atoms with E-state index in [1.54, 1.807) is 4.90 Å². The number of para-hydroxylation sites is 1. The Morgan fingerprint density at radius 2 is 1.96 bits per heavy atom. The third kappa shape index (κ3) is 3.19. The number of carbonyl (C=O) groups is 2. The molecule has 1 aliphatic heterocycles. The molecule has 4 nitrogen and oxygen atoms in total. The Kier molecular flexibility index (Phi) is 4.30. The quantitative estimate of drug-likeness (QED) is 0.875. The maximum atomic E-state index is 13.0. The summed E-state index contributed by atoms with van der Waals surface area (Å²) in [4.78, 5) is 26.4. The summed E-state index contributed by atoms with van der Waals surface area (Å²) in [5.74, 6) is -1.93. The summed E-state index contributed by atoms with van der Waals surface area (Å²) < 4.78 is 13.0. The average molecular weight is 333 g/mol. The lowest BCUT2D eigenvalue weighted by molar-refractivity contribution is -0.129. The number of anilines is 2. The van der Waals surface area contributed by atoms with Crippen LogP contribution in [0.3, 0.4) is 0 Å². The van der Waals surface area contributed by atoms with Gasteiger partial charge in [0.1, 0.15) is 11.7 Å². The van der Waals surface area contributed by atoms with Gasteiger partial charge in [-0.25, -0.2) is 4.39 Å². The van der Waals surface area contributed by atoms with Crippen molar-refractivity contribution in [3.05, 3.63) is 59.4 Å². The molecule has 6 heteroatoms. The summed E-state index contributed by atoms with van der Waals surface area (Å²) in [7, 11) is 0. The van der Waals surface area contributed by atoms with Crippen LogP contribution in [0.15, 0.2) is 48.5 Å². The molecule has 1 N–H and O–H groups in total. The minimum atomic E-state index is -0.767. The Morgan fingerprint density at radius 1 is 1.22 bits per heavy atom. The van der Waals surface area contributed by atoms with Gasteiger partial charge in [0.2, 0.25) is 11.8 Å². The molecule has 3 rings (SSSR count). The van der Waals surface area contributed by atoms with E-state index in [1.807, 2.05) is 30.3 Å². The number of benzene rings is 2. The molecule has 0 radical (unpaired) electrons. The minimum Gasteiger partial charge on any atom is -0.324 e. The molecule has 2 aromatic rings. The van der Waals surface area contributed by atoms with Gasteiger partial charge in [-0.3, -0.25) is 9.59 Å². The van der Waals surface area contributed by atoms with Crippen LogP contribution in [-0.2, 0) is 9.59 Å². The average Bonchev–Trinajstić information content (AvgIpc) is 2.92. The van der Waals surface area contributed by atoms with Crippen molar-refractivity contribution in [2.24, 2.45) is 5.92 Å². The molecule has 1 aliphatic rings. The molecule has 1 heterocycles. The van der Waals surface area contributed by atoms with Gasteiger partial charge >= 0.3 is 0 Å². The van der Waals surface area contributed by atoms with Gasteiger partial charge in [0.15, 0.2) is 0 Å². The van der Waals surface area contributed by atoms with Gasteiger partial charge in [-0.05, 0) is 36.8 Å². The molecule has 0 saturated carbocycles. The first kappa shape index (κ1) is 15.5. The highest BCUT2D eigenvalue weighted by Crippen LogP contribution is 2.28. The first-order chi connectivity index (χ1) is 11.1. The highest BCUT2D eigenvalue weighted by atomic mass is 35.5. The standard InChI is InChI=1S/C17H14ClFN2O2/c18-14-10-11(19)6-7-15(14)20-16(22)13-8-9-21(17(13)23)12-4-2-1-3-5-12/h1-7,10,13H,8-9H2,(H,20,22). The van der Waals surface area contributed by atoms with E-state index in [-0.39, 0.29) is 10.9 Å². The van der Waals surface area contributed by atoms with E-state index >= 15 is 0 Å². The van der Waals surface area contributed by atoms with Crippen LogP contribution in [-0.4, -0.2) is 18.4 Å². The van der Waals surface area contributed by atoms with Gasteiger partial charge in [0, 0.05) is 12.2 Å². The predicted molar refractivity (Wildman–Crippen MR) is 86.9 cm³/mol. The SMILES string of the molecule is O=C(Nc1ccc(F)cc1Cl)C1CCN(c2ccccc2)C1=O. The molecule has 1 fully saturated rings. The minimum absolute atomic E-state index is 0.101. The zero-order valence-corrected chi connectivity index (χ0v) is 12.9. The topological polar surface area (TPSA) is 49.4 Å². The van der Waals surface area contributed by atoms with Gasteiger partial charge in [-0.2, -0.15) is 0 Å². The van der Waals surface area contributed by atoms with Crippen molar-refractivity contribution in [2.75, 3.05) is 16.8 Å². The monoisotopic (exact) mass is 332 g/mol. The van der Waals surface area contributed by atoms with Crippen molar-refractivity contribution >= 4 is 34.8 Å². The Bertz CT molecular complexity index is 752. The number of nitrogens with zero attached hydrogens (tertiary/aromatic N) is 1. The Balaban J connectivity index is 1.72. The lowest BCUT2D eigenvalue weighted by Crippen LogP contribution is -2.33. The highest BCUT2D eigenvalue weighted by molar-refractivity contribution is 6.33. The van der Waals surface area contributed by atoms with Crippen LogP contribution in [0.1, 0.15) is 6.42 Å². The summed E-state index contributed by atoms with van der Waals surface area (Å²) in [5.41, 5.74) is 1.07. The molecule has 0 aromatic heterocycles. The number of amides is 2. The number of halogens is 2. The number of nitrogens with one attached hydrogen (secondary N) is 1. The largest absolute Gasteiger partial charge is 0.324 e. The lowest BCUT2D eigenvalue weighted by Gasteiger charge is -2.16. The van der Waals surface area contributed by atoms with Crippen molar-refractivity contribution in [3.63, 3.8) is 0 Å². The maximum Gasteiger partial charge on any atom is 0.239 e. The fourth-order valence-corrected chi connectivity index (χ4v) is 2.81. The number of carbonyl (C=O) groups excluding carboxylic acids is 2. The van der Waals surface area contributed by atoms with Crippen LogP contribution >= 0.6 is 11.6 Å². The summed E-state index contributed by atoms with van der Waals surface area (Å²) in [5, 5.41) is 2.70. The van der Waals surface area contributed by atoms with E-state index in [9.17, 15) is 14.0 Å². The van der Waals surface area contributed by atoms with Gasteiger partial charge in [0.05, 0.1) is 10.7 Å². The third-order valence-electron chi connectivity index (χ3n) is 3.78. The predicted octanol–water partition coefficient (Wildman–Crippen LogP) is 3.47. The van der Waals surface area contributed by atoms with E-state index in [0.717, 1.165) is 11.8 Å². The molecule has 0 spiro atoms. The van der Waals surface area contributed by atoms with Crippen LogP contribution in [0.25, 0.3) is 0 Å². The van der Waals surface area contributed by atoms with Crippen molar-refractivity contribution < 1.29 is 14.0 Å². The summed E-state index contributed by atoms with van der Waals surface area (Å²) in [6.07, 6.45) is 0.429. The Morgan fingerprint density at radius 3 is 2.65 bits per heavy atom. The van der Waals surface area contributed by atoms with Crippen molar-refractivity contribution in [3.8, 4) is 0 Å². The molecular weight excluding hydrogens is 319 g/mol. The van der Waals surface area contributed by atoms with Crippen LogP contribution in [0.4, 0.5) is 15.8 Å². The van der Waals surface area contributed by atoms with Crippen LogP contribution < -0.4 is 10.2 Å². The Labute approximate surface area is 137 Å². The van der Waals surface area contributed by atoms with Crippen molar-refractivity contribution in [1.82, 2.24) is 0 Å². The van der Waals surface area contributed by atoms with Crippen LogP contribution in [0.5, 0.6) is 0 Å². The van der Waals surface area contributed by atoms with Crippen molar-refractivity contribution in [2.45, 2.75) is 6.42 Å². The molecule has 0 aliphatic carbocycles. The van der Waals surface area contributed by atoms with E-state index < -0.39 is 17.6 Å². The van der Waals surface area contributed by atoms with Crippen LogP contribution in [0.2, 0.25) is 5.02 Å². The zero-order valence-electron chi connectivity index (χ0n) is 12.1. The third-order valence-corrected chi connectivity index (χ3v) is 4.09.